The minimum atomic E-state index is 0.745. The molecule has 1 rings (SSSR count). The van der Waals surface area contributed by atoms with Gasteiger partial charge in [0.15, 0.2) is 0 Å². The van der Waals surface area contributed by atoms with Gasteiger partial charge in [-0.05, 0) is 37.8 Å². The molecule has 0 bridgehead atoms. The number of nitrogens with one attached hydrogen (secondary N) is 1. The number of hydrogen-bond donors (Lipinski definition) is 1. The summed E-state index contributed by atoms with van der Waals surface area (Å²) >= 11 is 0. The average Bonchev–Trinajstić information content (AvgIpc) is 2.64. The molecule has 1 unspecified atom stereocenters. The van der Waals surface area contributed by atoms with Crippen LogP contribution in [0.5, 0.6) is 0 Å². The lowest BCUT2D eigenvalue weighted by Crippen LogP contribution is -2.25. The predicted octanol–water partition coefficient (Wildman–Crippen LogP) is 2.62. The van der Waals surface area contributed by atoms with Crippen LogP contribution in [0.25, 0.3) is 0 Å². The number of aromatic nitrogens is 2. The van der Waals surface area contributed by atoms with Gasteiger partial charge in [0, 0.05) is 25.9 Å². The molecule has 0 saturated carbocycles. The SMILES string of the molecule is CC(C)CNCC(C)CCCc1nccn1C. The quantitative estimate of drug-likeness (QED) is 0.753. The van der Waals surface area contributed by atoms with Crippen LogP contribution in [-0.4, -0.2) is 22.6 Å². The topological polar surface area (TPSA) is 29.9 Å². The molecular weight excluding hydrogens is 210 g/mol. The van der Waals surface area contributed by atoms with E-state index < -0.39 is 0 Å². The van der Waals surface area contributed by atoms with Crippen molar-refractivity contribution in [2.45, 2.75) is 40.0 Å². The zero-order valence-corrected chi connectivity index (χ0v) is 11.7. The van der Waals surface area contributed by atoms with Gasteiger partial charge in [-0.2, -0.15) is 0 Å². The van der Waals surface area contributed by atoms with Crippen molar-refractivity contribution in [2.24, 2.45) is 18.9 Å². The van der Waals surface area contributed by atoms with Gasteiger partial charge in [-0.1, -0.05) is 20.8 Å². The van der Waals surface area contributed by atoms with Crippen molar-refractivity contribution in [1.29, 1.82) is 0 Å². The summed E-state index contributed by atoms with van der Waals surface area (Å²) in [5.74, 6) is 2.70. The Bertz CT molecular complexity index is 304. The summed E-state index contributed by atoms with van der Waals surface area (Å²) in [7, 11) is 2.07. The molecule has 17 heavy (non-hydrogen) atoms. The maximum atomic E-state index is 4.35. The smallest absolute Gasteiger partial charge is 0.108 e. The van der Waals surface area contributed by atoms with Crippen LogP contribution < -0.4 is 5.32 Å². The van der Waals surface area contributed by atoms with Crippen molar-refractivity contribution < 1.29 is 0 Å². The van der Waals surface area contributed by atoms with Crippen molar-refractivity contribution in [2.75, 3.05) is 13.1 Å². The average molecular weight is 237 g/mol. The summed E-state index contributed by atoms with van der Waals surface area (Å²) < 4.78 is 2.11. The highest BCUT2D eigenvalue weighted by Crippen LogP contribution is 2.08. The third-order valence-corrected chi connectivity index (χ3v) is 3.06. The molecule has 0 saturated heterocycles. The molecule has 0 aromatic carbocycles. The Morgan fingerprint density at radius 3 is 2.65 bits per heavy atom. The van der Waals surface area contributed by atoms with E-state index >= 15 is 0 Å². The van der Waals surface area contributed by atoms with Gasteiger partial charge in [-0.3, -0.25) is 0 Å². The molecule has 3 nitrogen and oxygen atoms in total. The minimum Gasteiger partial charge on any atom is -0.338 e. The first-order valence-corrected chi connectivity index (χ1v) is 6.76. The molecule has 1 aromatic rings. The maximum Gasteiger partial charge on any atom is 0.108 e. The lowest BCUT2D eigenvalue weighted by atomic mass is 10.0. The Hall–Kier alpha value is -0.830. The van der Waals surface area contributed by atoms with Gasteiger partial charge in [0.2, 0.25) is 0 Å². The van der Waals surface area contributed by atoms with E-state index in [0.717, 1.165) is 31.3 Å². The molecule has 0 radical (unpaired) electrons. The van der Waals surface area contributed by atoms with Gasteiger partial charge in [0.1, 0.15) is 5.82 Å². The van der Waals surface area contributed by atoms with E-state index in [2.05, 4.69) is 42.7 Å². The van der Waals surface area contributed by atoms with Gasteiger partial charge in [-0.25, -0.2) is 4.98 Å². The number of hydrogen-bond acceptors (Lipinski definition) is 2. The highest BCUT2D eigenvalue weighted by Gasteiger charge is 2.04. The molecule has 1 aromatic heterocycles. The van der Waals surface area contributed by atoms with E-state index in [4.69, 9.17) is 0 Å². The first-order chi connectivity index (χ1) is 8.09. The van der Waals surface area contributed by atoms with E-state index in [-0.39, 0.29) is 0 Å². The zero-order chi connectivity index (χ0) is 12.7. The minimum absolute atomic E-state index is 0.745. The van der Waals surface area contributed by atoms with Crippen LogP contribution in [0, 0.1) is 11.8 Å². The van der Waals surface area contributed by atoms with Crippen molar-refractivity contribution in [1.82, 2.24) is 14.9 Å². The summed E-state index contributed by atoms with van der Waals surface area (Å²) in [4.78, 5) is 4.35. The molecule has 0 aliphatic carbocycles. The van der Waals surface area contributed by atoms with Crippen LogP contribution in [0.4, 0.5) is 0 Å². The molecule has 3 heteroatoms. The van der Waals surface area contributed by atoms with Crippen molar-refractivity contribution in [3.8, 4) is 0 Å². The normalized spacial score (nSPS) is 13.2. The summed E-state index contributed by atoms with van der Waals surface area (Å²) in [5.41, 5.74) is 0. The molecule has 1 N–H and O–H groups in total. The van der Waals surface area contributed by atoms with Crippen LogP contribution >= 0.6 is 0 Å². The third kappa shape index (κ3) is 5.87. The number of aryl methyl sites for hydroxylation is 2. The second-order valence-electron chi connectivity index (χ2n) is 5.50. The number of rotatable bonds is 8. The maximum absolute atomic E-state index is 4.35. The molecule has 98 valence electrons. The summed E-state index contributed by atoms with van der Waals surface area (Å²) in [6, 6.07) is 0. The van der Waals surface area contributed by atoms with E-state index in [1.165, 1.54) is 18.7 Å². The first-order valence-electron chi connectivity index (χ1n) is 6.76. The third-order valence-electron chi connectivity index (χ3n) is 3.06. The van der Waals surface area contributed by atoms with Gasteiger partial charge < -0.3 is 9.88 Å². The van der Waals surface area contributed by atoms with Crippen molar-refractivity contribution >= 4 is 0 Å². The van der Waals surface area contributed by atoms with Gasteiger partial charge >= 0.3 is 0 Å². The Morgan fingerprint density at radius 2 is 2.06 bits per heavy atom. The molecule has 0 fully saturated rings. The summed E-state index contributed by atoms with van der Waals surface area (Å²) in [6.07, 6.45) is 7.50. The molecule has 1 heterocycles. The Labute approximate surface area is 106 Å². The molecule has 0 aliphatic heterocycles. The lowest BCUT2D eigenvalue weighted by Gasteiger charge is -2.13. The Morgan fingerprint density at radius 1 is 1.29 bits per heavy atom. The van der Waals surface area contributed by atoms with Crippen LogP contribution in [0.3, 0.4) is 0 Å². The predicted molar refractivity (Wildman–Crippen MR) is 73.0 cm³/mol. The summed E-state index contributed by atoms with van der Waals surface area (Å²) in [5, 5.41) is 3.52. The van der Waals surface area contributed by atoms with Crippen molar-refractivity contribution in [3.63, 3.8) is 0 Å². The van der Waals surface area contributed by atoms with Crippen molar-refractivity contribution in [3.05, 3.63) is 18.2 Å². The molecular formula is C14H27N3. The number of nitrogens with zero attached hydrogens (tertiary/aromatic N) is 2. The van der Waals surface area contributed by atoms with Crippen LogP contribution in [-0.2, 0) is 13.5 Å². The zero-order valence-electron chi connectivity index (χ0n) is 11.7. The largest absolute Gasteiger partial charge is 0.338 e. The Kier molecular flexibility index (Phi) is 6.27. The highest BCUT2D eigenvalue weighted by molar-refractivity contribution is 4.90. The first kappa shape index (κ1) is 14.2. The Balaban J connectivity index is 2.08. The van der Waals surface area contributed by atoms with Gasteiger partial charge in [0.25, 0.3) is 0 Å². The molecule has 0 amide bonds. The summed E-state index contributed by atoms with van der Waals surface area (Å²) in [6.45, 7) is 9.09. The van der Waals surface area contributed by atoms with E-state index in [1.54, 1.807) is 0 Å². The van der Waals surface area contributed by atoms with E-state index in [0.29, 0.717) is 0 Å². The highest BCUT2D eigenvalue weighted by atomic mass is 15.0. The van der Waals surface area contributed by atoms with Crippen LogP contribution in [0.2, 0.25) is 0 Å². The monoisotopic (exact) mass is 237 g/mol. The van der Waals surface area contributed by atoms with Gasteiger partial charge in [0.05, 0.1) is 0 Å². The van der Waals surface area contributed by atoms with E-state index in [1.807, 2.05) is 12.4 Å². The number of imidazole rings is 1. The van der Waals surface area contributed by atoms with E-state index in [9.17, 15) is 0 Å². The van der Waals surface area contributed by atoms with Crippen LogP contribution in [0.15, 0.2) is 12.4 Å². The second kappa shape index (κ2) is 7.49. The lowest BCUT2D eigenvalue weighted by molar-refractivity contribution is 0.441. The molecule has 1 atom stereocenters. The molecule has 0 aliphatic rings. The fourth-order valence-electron chi connectivity index (χ4n) is 1.97. The fourth-order valence-corrected chi connectivity index (χ4v) is 1.97. The van der Waals surface area contributed by atoms with Crippen LogP contribution in [0.1, 0.15) is 39.4 Å². The fraction of sp³-hybridized carbons (Fsp3) is 0.786. The molecule has 0 spiro atoms. The second-order valence-corrected chi connectivity index (χ2v) is 5.50. The standard InChI is InChI=1S/C14H27N3/c1-12(2)10-15-11-13(3)6-5-7-14-16-8-9-17(14)4/h8-9,12-13,15H,5-7,10-11H2,1-4H3. The van der Waals surface area contributed by atoms with Gasteiger partial charge in [-0.15, -0.1) is 0 Å².